The second-order valence-corrected chi connectivity index (χ2v) is 8.98. The Balaban J connectivity index is 1.51. The van der Waals surface area contributed by atoms with E-state index in [1.807, 2.05) is 13.8 Å². The van der Waals surface area contributed by atoms with Crippen molar-refractivity contribution < 1.29 is 23.9 Å². The second-order valence-electron chi connectivity index (χ2n) is 7.90. The van der Waals surface area contributed by atoms with Gasteiger partial charge in [0.1, 0.15) is 12.1 Å². The van der Waals surface area contributed by atoms with Gasteiger partial charge in [0.15, 0.2) is 0 Å². The van der Waals surface area contributed by atoms with Crippen molar-refractivity contribution in [3.63, 3.8) is 0 Å². The average molecular weight is 454 g/mol. The summed E-state index contributed by atoms with van der Waals surface area (Å²) in [5.74, 6) is 1.77. The van der Waals surface area contributed by atoms with Crippen LogP contribution < -0.4 is 15.5 Å². The summed E-state index contributed by atoms with van der Waals surface area (Å²) < 4.78 is 10.6. The van der Waals surface area contributed by atoms with Crippen molar-refractivity contribution in [2.24, 2.45) is 0 Å². The minimum atomic E-state index is -1.18. The van der Waals surface area contributed by atoms with Crippen LogP contribution in [-0.2, 0) is 14.3 Å². The Labute approximate surface area is 189 Å². The van der Waals surface area contributed by atoms with Gasteiger partial charge in [-0.2, -0.15) is 0 Å². The average Bonchev–Trinajstić information content (AvgIpc) is 3.50. The molecule has 2 fully saturated rings. The molecule has 2 saturated heterocycles. The highest BCUT2D eigenvalue weighted by Gasteiger charge is 2.44. The Bertz CT molecular complexity index is 1110. The molecule has 4 rings (SSSR count). The number of nitrogens with one attached hydrogen (secondary N) is 2. The fourth-order valence-corrected chi connectivity index (χ4v) is 4.53. The van der Waals surface area contributed by atoms with Crippen LogP contribution in [0.1, 0.15) is 33.5 Å². The van der Waals surface area contributed by atoms with Crippen LogP contribution >= 0.6 is 11.3 Å². The largest absolute Gasteiger partial charge is 0.447 e. The molecule has 0 spiro atoms. The van der Waals surface area contributed by atoms with Crippen LogP contribution in [0.15, 0.2) is 30.3 Å². The molecule has 2 unspecified atom stereocenters. The summed E-state index contributed by atoms with van der Waals surface area (Å²) in [6.07, 6.45) is 5.35. The maximum absolute atomic E-state index is 13.2. The van der Waals surface area contributed by atoms with E-state index in [0.29, 0.717) is 35.1 Å². The molecule has 3 amide bonds. The van der Waals surface area contributed by atoms with E-state index in [1.165, 1.54) is 11.3 Å². The van der Waals surface area contributed by atoms with Gasteiger partial charge in [-0.3, -0.25) is 14.5 Å². The highest BCUT2D eigenvalue weighted by molar-refractivity contribution is 7.14. The van der Waals surface area contributed by atoms with Crippen molar-refractivity contribution in [1.29, 1.82) is 0 Å². The molecule has 2 N–H and O–H groups in total. The predicted octanol–water partition coefficient (Wildman–Crippen LogP) is 2.91. The first-order valence-electron chi connectivity index (χ1n) is 10.2. The summed E-state index contributed by atoms with van der Waals surface area (Å²) >= 11 is 1.19. The van der Waals surface area contributed by atoms with Gasteiger partial charge in [0.25, 0.3) is 11.8 Å². The number of terminal acetylenes is 1. The Hall–Kier alpha value is -3.35. The third kappa shape index (κ3) is 4.07. The molecule has 166 valence electrons. The number of aryl methyl sites for hydroxylation is 1. The van der Waals surface area contributed by atoms with Gasteiger partial charge in [0.2, 0.25) is 0 Å². The SMILES string of the molecule is C#Cc1ccc(C(=O)NC2(C(=O)Nc3ccc(N4C(=O)OCC4C)c(C)c3)CCOC2)s1. The van der Waals surface area contributed by atoms with Crippen LogP contribution in [0.3, 0.4) is 0 Å². The molecule has 1 aromatic heterocycles. The number of nitrogens with zero attached hydrogens (tertiary/aromatic N) is 1. The second kappa shape index (κ2) is 8.65. The maximum atomic E-state index is 13.2. The lowest BCUT2D eigenvalue weighted by atomic mass is 9.96. The zero-order chi connectivity index (χ0) is 22.9. The molecule has 2 atom stereocenters. The van der Waals surface area contributed by atoms with Crippen molar-refractivity contribution in [3.05, 3.63) is 45.6 Å². The van der Waals surface area contributed by atoms with Crippen LogP contribution in [0.5, 0.6) is 0 Å². The number of benzene rings is 1. The Morgan fingerprint density at radius 2 is 2.12 bits per heavy atom. The number of thiophene rings is 1. The number of anilines is 2. The standard InChI is InChI=1S/C23H23N3O5S/c1-4-17-6-8-19(32-17)20(27)25-23(9-10-30-13-23)21(28)24-16-5-7-18(14(2)11-16)26-15(3)12-31-22(26)29/h1,5-8,11,15H,9-10,12-13H2,2-3H3,(H,24,28)(H,25,27). The van der Waals surface area contributed by atoms with Crippen LogP contribution in [-0.4, -0.2) is 49.3 Å². The molecule has 2 aromatic rings. The molecule has 2 aliphatic heterocycles. The van der Waals surface area contributed by atoms with Crippen LogP contribution in [0.25, 0.3) is 0 Å². The van der Waals surface area contributed by atoms with Gasteiger partial charge in [-0.05, 0) is 49.7 Å². The fraction of sp³-hybridized carbons (Fsp3) is 0.348. The smallest absolute Gasteiger partial charge is 0.414 e. The first kappa shape index (κ1) is 21.9. The molecule has 0 saturated carbocycles. The molecule has 9 heteroatoms. The number of rotatable bonds is 5. The summed E-state index contributed by atoms with van der Waals surface area (Å²) in [7, 11) is 0. The lowest BCUT2D eigenvalue weighted by Gasteiger charge is -2.27. The number of carbonyl (C=O) groups excluding carboxylic acids is 3. The zero-order valence-corrected chi connectivity index (χ0v) is 18.6. The minimum Gasteiger partial charge on any atom is -0.447 e. The van der Waals surface area contributed by atoms with Crippen molar-refractivity contribution in [2.45, 2.75) is 31.8 Å². The van der Waals surface area contributed by atoms with Gasteiger partial charge in [-0.1, -0.05) is 5.92 Å². The topological polar surface area (TPSA) is 97.0 Å². The first-order chi connectivity index (χ1) is 15.3. The van der Waals surface area contributed by atoms with E-state index >= 15 is 0 Å². The molecular formula is C23H23N3O5S. The highest BCUT2D eigenvalue weighted by atomic mass is 32.1. The van der Waals surface area contributed by atoms with E-state index in [-0.39, 0.29) is 30.6 Å². The number of hydrogen-bond acceptors (Lipinski definition) is 6. The zero-order valence-electron chi connectivity index (χ0n) is 17.8. The monoisotopic (exact) mass is 453 g/mol. The molecule has 8 nitrogen and oxygen atoms in total. The van der Waals surface area contributed by atoms with E-state index < -0.39 is 5.54 Å². The van der Waals surface area contributed by atoms with Gasteiger partial charge in [-0.25, -0.2) is 4.79 Å². The van der Waals surface area contributed by atoms with Gasteiger partial charge in [0.05, 0.1) is 28.1 Å². The summed E-state index contributed by atoms with van der Waals surface area (Å²) in [5.41, 5.74) is 0.918. The normalized spacial score (nSPS) is 22.3. The predicted molar refractivity (Wildman–Crippen MR) is 121 cm³/mol. The lowest BCUT2D eigenvalue weighted by Crippen LogP contribution is -2.57. The Kier molecular flexibility index (Phi) is 5.91. The summed E-state index contributed by atoms with van der Waals surface area (Å²) in [6, 6.07) is 8.56. The van der Waals surface area contributed by atoms with Crippen LogP contribution in [0.4, 0.5) is 16.2 Å². The lowest BCUT2D eigenvalue weighted by molar-refractivity contribution is -0.122. The quantitative estimate of drug-likeness (QED) is 0.679. The molecule has 0 bridgehead atoms. The molecule has 1 aromatic carbocycles. The third-order valence-corrected chi connectivity index (χ3v) is 6.60. The molecule has 0 radical (unpaired) electrons. The Morgan fingerprint density at radius 1 is 1.31 bits per heavy atom. The summed E-state index contributed by atoms with van der Waals surface area (Å²) in [6.45, 7) is 4.55. The molecule has 0 aliphatic carbocycles. The number of cyclic esters (lactones) is 1. The number of amides is 3. The van der Waals surface area contributed by atoms with Crippen LogP contribution in [0, 0.1) is 19.3 Å². The van der Waals surface area contributed by atoms with Crippen molar-refractivity contribution in [2.75, 3.05) is 30.0 Å². The van der Waals surface area contributed by atoms with Crippen LogP contribution in [0.2, 0.25) is 0 Å². The van der Waals surface area contributed by atoms with Crippen molar-refractivity contribution in [3.8, 4) is 12.3 Å². The summed E-state index contributed by atoms with van der Waals surface area (Å²) in [5, 5.41) is 5.73. The summed E-state index contributed by atoms with van der Waals surface area (Å²) in [4.78, 5) is 40.6. The van der Waals surface area contributed by atoms with Gasteiger partial charge < -0.3 is 20.1 Å². The van der Waals surface area contributed by atoms with E-state index in [1.54, 1.807) is 35.2 Å². The molecule has 32 heavy (non-hydrogen) atoms. The first-order valence-corrected chi connectivity index (χ1v) is 11.0. The third-order valence-electron chi connectivity index (χ3n) is 5.58. The maximum Gasteiger partial charge on any atom is 0.414 e. The van der Waals surface area contributed by atoms with Gasteiger partial charge in [-0.15, -0.1) is 17.8 Å². The van der Waals surface area contributed by atoms with E-state index in [9.17, 15) is 14.4 Å². The van der Waals surface area contributed by atoms with E-state index in [2.05, 4.69) is 16.6 Å². The number of ether oxygens (including phenoxy) is 2. The Morgan fingerprint density at radius 3 is 2.72 bits per heavy atom. The highest BCUT2D eigenvalue weighted by Crippen LogP contribution is 2.30. The van der Waals surface area contributed by atoms with Crippen molar-refractivity contribution in [1.82, 2.24) is 5.32 Å². The van der Waals surface area contributed by atoms with E-state index in [4.69, 9.17) is 15.9 Å². The van der Waals surface area contributed by atoms with Gasteiger partial charge in [0, 0.05) is 18.7 Å². The van der Waals surface area contributed by atoms with E-state index in [0.717, 1.165) is 11.3 Å². The molecule has 3 heterocycles. The fourth-order valence-electron chi connectivity index (χ4n) is 3.82. The number of carbonyl (C=O) groups is 3. The minimum absolute atomic E-state index is 0.0667. The molecule has 2 aliphatic rings. The molecular weight excluding hydrogens is 430 g/mol. The number of hydrogen-bond donors (Lipinski definition) is 2. The van der Waals surface area contributed by atoms with Crippen molar-refractivity contribution >= 4 is 40.6 Å². The van der Waals surface area contributed by atoms with Gasteiger partial charge >= 0.3 is 6.09 Å².